The Balaban J connectivity index is 1.89. The Morgan fingerprint density at radius 1 is 0.957 bits per heavy atom. The molecule has 0 saturated carbocycles. The largest absolute Gasteiger partial charge is 0.349 e. The lowest BCUT2D eigenvalue weighted by Crippen LogP contribution is -2.50. The molecule has 0 unspecified atom stereocenters. The minimum Gasteiger partial charge on any atom is -0.349 e. The highest BCUT2D eigenvalue weighted by molar-refractivity contribution is 6.00. The molecule has 116 valence electrons. The Labute approximate surface area is 136 Å². The van der Waals surface area contributed by atoms with Gasteiger partial charge < -0.3 is 10.2 Å². The van der Waals surface area contributed by atoms with Crippen LogP contribution in [0.4, 0.5) is 5.82 Å². The van der Waals surface area contributed by atoms with Gasteiger partial charge in [0.15, 0.2) is 5.82 Å². The van der Waals surface area contributed by atoms with Crippen molar-refractivity contribution in [2.45, 2.75) is 13.0 Å². The fourth-order valence-electron chi connectivity index (χ4n) is 3.27. The van der Waals surface area contributed by atoms with E-state index in [9.17, 15) is 0 Å². The molecule has 0 spiro atoms. The van der Waals surface area contributed by atoms with E-state index in [1.807, 2.05) is 18.2 Å². The van der Waals surface area contributed by atoms with Gasteiger partial charge in [0.25, 0.3) is 0 Å². The standard InChI is InChI=1S/C19H20N4/c1-14-13-20-11-12-23(14)19-17-10-6-5-9-16(17)18(21-22-19)15-7-3-2-4-8-15/h2-10,14,20H,11-13H2,1H3/t14-/m0/s1. The summed E-state index contributed by atoms with van der Waals surface area (Å²) < 4.78 is 0. The maximum Gasteiger partial charge on any atom is 0.159 e. The number of aromatic nitrogens is 2. The zero-order valence-electron chi connectivity index (χ0n) is 13.2. The third-order valence-electron chi connectivity index (χ3n) is 4.49. The summed E-state index contributed by atoms with van der Waals surface area (Å²) in [5, 5.41) is 14.9. The van der Waals surface area contributed by atoms with E-state index >= 15 is 0 Å². The Bertz CT molecular complexity index is 816. The van der Waals surface area contributed by atoms with Crippen molar-refractivity contribution in [2.24, 2.45) is 0 Å². The van der Waals surface area contributed by atoms with E-state index in [0.717, 1.165) is 42.1 Å². The summed E-state index contributed by atoms with van der Waals surface area (Å²) in [5.74, 6) is 0.995. The summed E-state index contributed by atoms with van der Waals surface area (Å²) in [7, 11) is 0. The molecule has 1 saturated heterocycles. The fourth-order valence-corrected chi connectivity index (χ4v) is 3.27. The van der Waals surface area contributed by atoms with Crippen LogP contribution in [0.5, 0.6) is 0 Å². The maximum atomic E-state index is 4.61. The van der Waals surface area contributed by atoms with Gasteiger partial charge in [0.1, 0.15) is 5.69 Å². The van der Waals surface area contributed by atoms with E-state index in [0.29, 0.717) is 6.04 Å². The van der Waals surface area contributed by atoms with E-state index in [1.54, 1.807) is 0 Å². The van der Waals surface area contributed by atoms with Crippen molar-refractivity contribution >= 4 is 16.6 Å². The Morgan fingerprint density at radius 3 is 2.48 bits per heavy atom. The molecule has 1 aliphatic heterocycles. The van der Waals surface area contributed by atoms with Gasteiger partial charge in [0.2, 0.25) is 0 Å². The first-order valence-corrected chi connectivity index (χ1v) is 8.13. The Morgan fingerprint density at radius 2 is 1.70 bits per heavy atom. The van der Waals surface area contributed by atoms with Gasteiger partial charge >= 0.3 is 0 Å². The van der Waals surface area contributed by atoms with Gasteiger partial charge in [-0.1, -0.05) is 54.6 Å². The first kappa shape index (κ1) is 14.2. The summed E-state index contributed by atoms with van der Waals surface area (Å²) in [6.07, 6.45) is 0. The molecule has 4 rings (SSSR count). The van der Waals surface area contributed by atoms with E-state index in [4.69, 9.17) is 0 Å². The average Bonchev–Trinajstić information content (AvgIpc) is 2.62. The molecule has 0 aliphatic carbocycles. The van der Waals surface area contributed by atoms with E-state index in [-0.39, 0.29) is 0 Å². The molecule has 2 heterocycles. The second-order valence-electron chi connectivity index (χ2n) is 6.03. The molecule has 1 N–H and O–H groups in total. The molecule has 2 aromatic carbocycles. The lowest BCUT2D eigenvalue weighted by atomic mass is 10.0. The molecular formula is C19H20N4. The lowest BCUT2D eigenvalue weighted by Gasteiger charge is -2.35. The monoisotopic (exact) mass is 304 g/mol. The second kappa shape index (κ2) is 5.97. The van der Waals surface area contributed by atoms with Crippen molar-refractivity contribution < 1.29 is 0 Å². The minimum atomic E-state index is 0.420. The van der Waals surface area contributed by atoms with Crippen LogP contribution in [-0.4, -0.2) is 35.9 Å². The molecule has 0 radical (unpaired) electrons. The normalized spacial score (nSPS) is 18.3. The van der Waals surface area contributed by atoms with Crippen LogP contribution < -0.4 is 10.2 Å². The number of nitrogens with zero attached hydrogens (tertiary/aromatic N) is 3. The first-order chi connectivity index (χ1) is 11.3. The van der Waals surface area contributed by atoms with Crippen LogP contribution in [0, 0.1) is 0 Å². The van der Waals surface area contributed by atoms with Crippen LogP contribution in [0.3, 0.4) is 0 Å². The molecule has 0 bridgehead atoms. The predicted octanol–water partition coefficient (Wildman–Crippen LogP) is 3.09. The summed E-state index contributed by atoms with van der Waals surface area (Å²) in [6, 6.07) is 19.1. The molecule has 1 fully saturated rings. The molecule has 1 aliphatic rings. The Hall–Kier alpha value is -2.46. The quantitative estimate of drug-likeness (QED) is 0.790. The molecular weight excluding hydrogens is 284 g/mol. The molecule has 1 atom stereocenters. The number of hydrogen-bond acceptors (Lipinski definition) is 4. The molecule has 23 heavy (non-hydrogen) atoms. The molecule has 3 aromatic rings. The summed E-state index contributed by atoms with van der Waals surface area (Å²) in [5.41, 5.74) is 2.06. The Kier molecular flexibility index (Phi) is 3.67. The molecule has 4 heteroatoms. The van der Waals surface area contributed by atoms with Crippen LogP contribution in [0.2, 0.25) is 0 Å². The van der Waals surface area contributed by atoms with Crippen LogP contribution in [0.15, 0.2) is 54.6 Å². The van der Waals surface area contributed by atoms with Crippen molar-refractivity contribution in [3.05, 3.63) is 54.6 Å². The summed E-state index contributed by atoms with van der Waals surface area (Å²) >= 11 is 0. The predicted molar refractivity (Wildman–Crippen MR) is 94.7 cm³/mol. The van der Waals surface area contributed by atoms with Crippen LogP contribution in [0.25, 0.3) is 22.0 Å². The van der Waals surface area contributed by atoms with Gasteiger partial charge in [-0.25, -0.2) is 0 Å². The van der Waals surface area contributed by atoms with E-state index in [1.165, 1.54) is 5.39 Å². The van der Waals surface area contributed by atoms with Crippen LogP contribution in [0.1, 0.15) is 6.92 Å². The van der Waals surface area contributed by atoms with Crippen molar-refractivity contribution in [3.63, 3.8) is 0 Å². The SMILES string of the molecule is C[C@H]1CNCCN1c1nnc(-c2ccccc2)c2ccccc12. The van der Waals surface area contributed by atoms with Gasteiger partial charge in [-0.3, -0.25) is 0 Å². The number of nitrogens with one attached hydrogen (secondary N) is 1. The van der Waals surface area contributed by atoms with Gasteiger partial charge in [0, 0.05) is 42.0 Å². The lowest BCUT2D eigenvalue weighted by molar-refractivity contribution is 0.497. The number of piperazine rings is 1. The average molecular weight is 304 g/mol. The van der Waals surface area contributed by atoms with Crippen LogP contribution in [-0.2, 0) is 0 Å². The third-order valence-corrected chi connectivity index (χ3v) is 4.49. The molecule has 0 amide bonds. The zero-order chi connectivity index (χ0) is 15.6. The number of anilines is 1. The van der Waals surface area contributed by atoms with Crippen molar-refractivity contribution in [2.75, 3.05) is 24.5 Å². The van der Waals surface area contributed by atoms with Crippen molar-refractivity contribution in [1.82, 2.24) is 15.5 Å². The van der Waals surface area contributed by atoms with Crippen LogP contribution >= 0.6 is 0 Å². The topological polar surface area (TPSA) is 41.0 Å². The summed E-state index contributed by atoms with van der Waals surface area (Å²) in [4.78, 5) is 2.36. The van der Waals surface area contributed by atoms with Gasteiger partial charge in [-0.15, -0.1) is 10.2 Å². The number of hydrogen-bond donors (Lipinski definition) is 1. The highest BCUT2D eigenvalue weighted by Crippen LogP contribution is 2.32. The zero-order valence-corrected chi connectivity index (χ0v) is 13.2. The van der Waals surface area contributed by atoms with Gasteiger partial charge in [-0.2, -0.15) is 0 Å². The summed E-state index contributed by atoms with van der Waals surface area (Å²) in [6.45, 7) is 5.16. The van der Waals surface area contributed by atoms with E-state index < -0.39 is 0 Å². The number of benzene rings is 2. The number of fused-ring (bicyclic) bond motifs is 1. The molecule has 1 aromatic heterocycles. The third kappa shape index (κ3) is 2.55. The second-order valence-corrected chi connectivity index (χ2v) is 6.03. The minimum absolute atomic E-state index is 0.420. The van der Waals surface area contributed by atoms with E-state index in [2.05, 4.69) is 63.7 Å². The van der Waals surface area contributed by atoms with Crippen molar-refractivity contribution in [1.29, 1.82) is 0 Å². The van der Waals surface area contributed by atoms with Crippen molar-refractivity contribution in [3.8, 4) is 11.3 Å². The van der Waals surface area contributed by atoms with Gasteiger partial charge in [-0.05, 0) is 6.92 Å². The smallest absolute Gasteiger partial charge is 0.159 e. The maximum absolute atomic E-state index is 4.61. The highest BCUT2D eigenvalue weighted by atomic mass is 15.3. The fraction of sp³-hybridized carbons (Fsp3) is 0.263. The first-order valence-electron chi connectivity index (χ1n) is 8.13. The van der Waals surface area contributed by atoms with Gasteiger partial charge in [0.05, 0.1) is 0 Å². The number of rotatable bonds is 2. The highest BCUT2D eigenvalue weighted by Gasteiger charge is 2.22. The molecule has 4 nitrogen and oxygen atoms in total.